The number of carbonyl (C=O) groups excluding carboxylic acids is 1. The van der Waals surface area contributed by atoms with E-state index in [4.69, 9.17) is 5.73 Å². The first-order valence-electron chi connectivity index (χ1n) is 6.92. The molecule has 0 radical (unpaired) electrons. The van der Waals surface area contributed by atoms with Gasteiger partial charge in [-0.1, -0.05) is 6.92 Å². The summed E-state index contributed by atoms with van der Waals surface area (Å²) in [7, 11) is 0. The van der Waals surface area contributed by atoms with E-state index < -0.39 is 18.3 Å². The average molecular weight is 296 g/mol. The van der Waals surface area contributed by atoms with E-state index in [9.17, 15) is 18.0 Å². The summed E-state index contributed by atoms with van der Waals surface area (Å²) in [6, 6.07) is 0. The fraction of sp³-hybridized carbons (Fsp3) is 0.923. The Morgan fingerprint density at radius 1 is 1.40 bits per heavy atom. The van der Waals surface area contributed by atoms with Gasteiger partial charge in [0, 0.05) is 13.0 Å². The van der Waals surface area contributed by atoms with E-state index in [1.165, 1.54) is 0 Å². The van der Waals surface area contributed by atoms with Gasteiger partial charge in [-0.25, -0.2) is 0 Å². The highest BCUT2D eigenvalue weighted by atomic mass is 19.4. The van der Waals surface area contributed by atoms with Crippen molar-refractivity contribution in [1.29, 1.82) is 0 Å². The van der Waals surface area contributed by atoms with Crippen molar-refractivity contribution in [2.75, 3.05) is 19.8 Å². The molecular formula is C13H23F3N2O2. The summed E-state index contributed by atoms with van der Waals surface area (Å²) < 4.78 is 40.0. The van der Waals surface area contributed by atoms with Gasteiger partial charge in [-0.15, -0.1) is 0 Å². The highest BCUT2D eigenvalue weighted by molar-refractivity contribution is 5.77. The van der Waals surface area contributed by atoms with Gasteiger partial charge in [0.05, 0.1) is 12.1 Å². The molecule has 7 heteroatoms. The van der Waals surface area contributed by atoms with Gasteiger partial charge in [-0.05, 0) is 31.6 Å². The van der Waals surface area contributed by atoms with E-state index in [-0.39, 0.29) is 18.9 Å². The van der Waals surface area contributed by atoms with Crippen molar-refractivity contribution in [1.82, 2.24) is 5.32 Å². The molecule has 1 amide bonds. The summed E-state index contributed by atoms with van der Waals surface area (Å²) >= 11 is 0. The van der Waals surface area contributed by atoms with Gasteiger partial charge in [-0.2, -0.15) is 13.2 Å². The molecule has 0 heterocycles. The van der Waals surface area contributed by atoms with Crippen LogP contribution in [0.4, 0.5) is 13.2 Å². The lowest BCUT2D eigenvalue weighted by molar-refractivity contribution is -0.174. The zero-order valence-electron chi connectivity index (χ0n) is 11.8. The molecular weight excluding hydrogens is 273 g/mol. The molecule has 0 bridgehead atoms. The summed E-state index contributed by atoms with van der Waals surface area (Å²) in [6.07, 6.45) is -0.786. The Bertz CT molecular complexity index is 313. The van der Waals surface area contributed by atoms with Crippen LogP contribution in [0.5, 0.6) is 0 Å². The number of rotatable bonds is 6. The molecule has 0 aliphatic heterocycles. The van der Waals surface area contributed by atoms with Crippen LogP contribution in [0.15, 0.2) is 0 Å². The minimum Gasteiger partial charge on any atom is -0.372 e. The monoisotopic (exact) mass is 296 g/mol. The molecule has 0 aromatic carbocycles. The van der Waals surface area contributed by atoms with Crippen LogP contribution in [0.1, 0.15) is 39.0 Å². The normalized spacial score (nSPS) is 27.4. The number of carbonyl (C=O) groups is 1. The standard InChI is InChI=1S/C13H23F3N2O2/c1-10-2-5-12(8-17,6-3-10)18-11(19)4-7-20-9-13(14,15)16/h10H,2-9,17H2,1H3,(H,18,19). The number of nitrogens with two attached hydrogens (primary N) is 1. The van der Waals surface area contributed by atoms with Gasteiger partial charge in [-0.3, -0.25) is 4.79 Å². The predicted octanol–water partition coefficient (Wildman–Crippen LogP) is 1.98. The van der Waals surface area contributed by atoms with Crippen LogP contribution in [0.25, 0.3) is 0 Å². The van der Waals surface area contributed by atoms with Crippen LogP contribution in [0, 0.1) is 5.92 Å². The summed E-state index contributed by atoms with van der Waals surface area (Å²) in [5.74, 6) is 0.328. The molecule has 1 saturated carbocycles. The molecule has 0 unspecified atom stereocenters. The van der Waals surface area contributed by atoms with E-state index in [0.717, 1.165) is 25.7 Å². The molecule has 0 aromatic rings. The van der Waals surface area contributed by atoms with Gasteiger partial charge >= 0.3 is 6.18 Å². The largest absolute Gasteiger partial charge is 0.411 e. The number of amides is 1. The van der Waals surface area contributed by atoms with Crippen molar-refractivity contribution < 1.29 is 22.7 Å². The minimum absolute atomic E-state index is 0.0760. The lowest BCUT2D eigenvalue weighted by atomic mass is 9.77. The number of nitrogens with one attached hydrogen (secondary N) is 1. The summed E-state index contributed by atoms with van der Waals surface area (Å²) in [6.45, 7) is 0.963. The van der Waals surface area contributed by atoms with Crippen LogP contribution in [0.2, 0.25) is 0 Å². The molecule has 0 saturated heterocycles. The van der Waals surface area contributed by atoms with Crippen molar-refractivity contribution >= 4 is 5.91 Å². The Morgan fingerprint density at radius 3 is 2.50 bits per heavy atom. The second-order valence-corrected chi connectivity index (χ2v) is 5.63. The molecule has 1 rings (SSSR count). The maximum Gasteiger partial charge on any atom is 0.411 e. The van der Waals surface area contributed by atoms with Crippen molar-refractivity contribution in [3.63, 3.8) is 0 Å². The van der Waals surface area contributed by atoms with Gasteiger partial charge in [0.2, 0.25) is 5.91 Å². The number of ether oxygens (including phenoxy) is 1. The molecule has 4 nitrogen and oxygen atoms in total. The second kappa shape index (κ2) is 7.26. The van der Waals surface area contributed by atoms with Crippen LogP contribution < -0.4 is 11.1 Å². The van der Waals surface area contributed by atoms with Crippen molar-refractivity contribution in [3.05, 3.63) is 0 Å². The van der Waals surface area contributed by atoms with E-state index in [1.54, 1.807) is 0 Å². The second-order valence-electron chi connectivity index (χ2n) is 5.63. The Hall–Kier alpha value is -0.820. The SMILES string of the molecule is CC1CCC(CN)(NC(=O)CCOCC(F)(F)F)CC1. The van der Waals surface area contributed by atoms with E-state index >= 15 is 0 Å². The number of halogens is 3. The molecule has 1 aliphatic rings. The fourth-order valence-electron chi connectivity index (χ4n) is 2.41. The van der Waals surface area contributed by atoms with E-state index in [1.807, 2.05) is 0 Å². The minimum atomic E-state index is -4.35. The Labute approximate surface area is 117 Å². The van der Waals surface area contributed by atoms with Crippen LogP contribution in [-0.4, -0.2) is 37.4 Å². The Balaban J connectivity index is 2.29. The van der Waals surface area contributed by atoms with Crippen molar-refractivity contribution in [2.24, 2.45) is 11.7 Å². The Kier molecular flexibility index (Phi) is 6.26. The molecule has 1 fully saturated rings. The lowest BCUT2D eigenvalue weighted by Gasteiger charge is -2.39. The topological polar surface area (TPSA) is 64.3 Å². The molecule has 20 heavy (non-hydrogen) atoms. The zero-order chi connectivity index (χ0) is 15.2. The summed E-state index contributed by atoms with van der Waals surface area (Å²) in [5, 5.41) is 2.88. The first kappa shape index (κ1) is 17.2. The van der Waals surface area contributed by atoms with E-state index in [2.05, 4.69) is 17.0 Å². The van der Waals surface area contributed by atoms with Crippen LogP contribution >= 0.6 is 0 Å². The molecule has 3 N–H and O–H groups in total. The highest BCUT2D eigenvalue weighted by Crippen LogP contribution is 2.31. The molecule has 0 atom stereocenters. The van der Waals surface area contributed by atoms with Crippen LogP contribution in [0.3, 0.4) is 0 Å². The van der Waals surface area contributed by atoms with Gasteiger partial charge in [0.15, 0.2) is 0 Å². The third-order valence-electron chi connectivity index (χ3n) is 3.77. The number of hydrogen-bond donors (Lipinski definition) is 2. The predicted molar refractivity (Wildman–Crippen MR) is 69.1 cm³/mol. The third-order valence-corrected chi connectivity index (χ3v) is 3.77. The van der Waals surface area contributed by atoms with Crippen molar-refractivity contribution in [3.8, 4) is 0 Å². The maximum atomic E-state index is 11.9. The van der Waals surface area contributed by atoms with Gasteiger partial charge < -0.3 is 15.8 Å². The molecule has 118 valence electrons. The van der Waals surface area contributed by atoms with Crippen LogP contribution in [-0.2, 0) is 9.53 Å². The highest BCUT2D eigenvalue weighted by Gasteiger charge is 2.34. The molecule has 1 aliphatic carbocycles. The first-order chi connectivity index (χ1) is 9.26. The number of alkyl halides is 3. The smallest absolute Gasteiger partial charge is 0.372 e. The molecule has 0 aromatic heterocycles. The van der Waals surface area contributed by atoms with Gasteiger partial charge in [0.25, 0.3) is 0 Å². The average Bonchev–Trinajstić information content (AvgIpc) is 2.37. The Morgan fingerprint density at radius 2 is 2.00 bits per heavy atom. The quantitative estimate of drug-likeness (QED) is 0.737. The fourth-order valence-corrected chi connectivity index (χ4v) is 2.41. The van der Waals surface area contributed by atoms with Gasteiger partial charge in [0.1, 0.15) is 6.61 Å². The number of hydrogen-bond acceptors (Lipinski definition) is 3. The van der Waals surface area contributed by atoms with E-state index in [0.29, 0.717) is 12.5 Å². The van der Waals surface area contributed by atoms with Crippen molar-refractivity contribution in [2.45, 2.75) is 50.7 Å². The first-order valence-corrected chi connectivity index (χ1v) is 6.92. The summed E-state index contributed by atoms with van der Waals surface area (Å²) in [5.41, 5.74) is 5.35. The molecule has 0 spiro atoms. The zero-order valence-corrected chi connectivity index (χ0v) is 11.8. The lowest BCUT2D eigenvalue weighted by Crippen LogP contribution is -2.55. The maximum absolute atomic E-state index is 11.9. The summed E-state index contributed by atoms with van der Waals surface area (Å²) in [4.78, 5) is 11.8. The third kappa shape index (κ3) is 6.09.